The second-order valence-corrected chi connectivity index (χ2v) is 11.2. The number of benzene rings is 1. The number of hydrogen-bond donors (Lipinski definition) is 1. The van der Waals surface area contributed by atoms with E-state index in [2.05, 4.69) is 11.4 Å². The predicted molar refractivity (Wildman–Crippen MR) is 143 cm³/mol. The molecule has 184 valence electrons. The molecule has 1 fully saturated rings. The first kappa shape index (κ1) is 24.3. The summed E-state index contributed by atoms with van der Waals surface area (Å²) >= 11 is 7.70. The number of thiophene rings is 1. The lowest BCUT2D eigenvalue weighted by atomic mass is 9.93. The predicted octanol–water partition coefficient (Wildman–Crippen LogP) is 7.64. The monoisotopic (exact) mass is 511 g/mol. The molecule has 3 aromatic rings. The zero-order valence-electron chi connectivity index (χ0n) is 20.3. The normalized spacial score (nSPS) is 16.6. The average molecular weight is 512 g/mol. The Kier molecular flexibility index (Phi) is 7.12. The van der Waals surface area contributed by atoms with Crippen molar-refractivity contribution >= 4 is 40.1 Å². The number of halogens is 2. The van der Waals surface area contributed by atoms with Crippen LogP contribution in [0, 0.1) is 19.7 Å². The standard InChI is InChI=1S/C28H31ClFN3OS/c1-17-14-19(18(2)33(17)21-12-13-24(30)23(29)15-21)16-31-28-26(22-10-6-7-11-25(22)35-28)27(34)32-20-8-4-3-5-9-20/h12-16,20H,3-11H2,1-2H3,(H,32,34)/b31-16-. The summed E-state index contributed by atoms with van der Waals surface area (Å²) in [4.78, 5) is 19.6. The maximum atomic E-state index is 13.7. The highest BCUT2D eigenvalue weighted by Crippen LogP contribution is 2.40. The van der Waals surface area contributed by atoms with Crippen LogP contribution in [-0.4, -0.2) is 22.7 Å². The minimum atomic E-state index is -0.430. The Labute approximate surface area is 215 Å². The summed E-state index contributed by atoms with van der Waals surface area (Å²) in [6.07, 6.45) is 11.9. The fourth-order valence-corrected chi connectivity index (χ4v) is 6.85. The number of hydrogen-bond acceptors (Lipinski definition) is 3. The van der Waals surface area contributed by atoms with Gasteiger partial charge in [0.1, 0.15) is 10.8 Å². The van der Waals surface area contributed by atoms with Crippen molar-refractivity contribution in [2.75, 3.05) is 0 Å². The lowest BCUT2D eigenvalue weighted by Gasteiger charge is -2.23. The number of nitrogens with one attached hydrogen (secondary N) is 1. The van der Waals surface area contributed by atoms with Gasteiger partial charge in [-0.2, -0.15) is 0 Å². The third kappa shape index (κ3) is 4.96. The van der Waals surface area contributed by atoms with Crippen molar-refractivity contribution in [1.82, 2.24) is 9.88 Å². The second-order valence-electron chi connectivity index (χ2n) is 9.72. The van der Waals surface area contributed by atoms with Crippen molar-refractivity contribution in [1.29, 1.82) is 0 Å². The number of nitrogens with zero attached hydrogens (tertiary/aromatic N) is 2. The van der Waals surface area contributed by atoms with Crippen LogP contribution in [0.1, 0.15) is 82.7 Å². The van der Waals surface area contributed by atoms with E-state index in [1.54, 1.807) is 23.5 Å². The zero-order chi connectivity index (χ0) is 24.5. The summed E-state index contributed by atoms with van der Waals surface area (Å²) in [5, 5.41) is 4.22. The molecule has 0 saturated heterocycles. The van der Waals surface area contributed by atoms with Gasteiger partial charge in [0.2, 0.25) is 0 Å². The molecule has 4 nitrogen and oxygen atoms in total. The summed E-state index contributed by atoms with van der Waals surface area (Å²) in [5.41, 5.74) is 5.76. The summed E-state index contributed by atoms with van der Waals surface area (Å²) in [6.45, 7) is 4.02. The first-order valence-electron chi connectivity index (χ1n) is 12.6. The second kappa shape index (κ2) is 10.3. The van der Waals surface area contributed by atoms with Gasteiger partial charge in [-0.3, -0.25) is 4.79 Å². The summed E-state index contributed by atoms with van der Waals surface area (Å²) in [7, 11) is 0. The van der Waals surface area contributed by atoms with Gasteiger partial charge in [-0.15, -0.1) is 11.3 Å². The van der Waals surface area contributed by atoms with Crippen LogP contribution >= 0.6 is 22.9 Å². The molecule has 1 aromatic carbocycles. The van der Waals surface area contributed by atoms with E-state index in [0.717, 1.165) is 65.3 Å². The Morgan fingerprint density at radius 1 is 1.14 bits per heavy atom. The molecule has 2 aliphatic rings. The Morgan fingerprint density at radius 3 is 2.69 bits per heavy atom. The maximum absolute atomic E-state index is 13.7. The van der Waals surface area contributed by atoms with Gasteiger partial charge in [-0.05, 0) is 82.2 Å². The Hall–Kier alpha value is -2.44. The molecule has 2 heterocycles. The van der Waals surface area contributed by atoms with Gasteiger partial charge in [0.15, 0.2) is 0 Å². The highest BCUT2D eigenvalue weighted by molar-refractivity contribution is 7.16. The molecule has 7 heteroatoms. The smallest absolute Gasteiger partial charge is 0.254 e. The van der Waals surface area contributed by atoms with Crippen LogP contribution in [0.5, 0.6) is 0 Å². The summed E-state index contributed by atoms with van der Waals surface area (Å²) < 4.78 is 15.7. The highest BCUT2D eigenvalue weighted by Gasteiger charge is 2.27. The number of aryl methyl sites for hydroxylation is 2. The summed E-state index contributed by atoms with van der Waals surface area (Å²) in [5.74, 6) is -0.393. The third-order valence-corrected chi connectivity index (χ3v) is 8.76. The van der Waals surface area contributed by atoms with Crippen LogP contribution in [-0.2, 0) is 12.8 Å². The van der Waals surface area contributed by atoms with E-state index < -0.39 is 5.82 Å². The van der Waals surface area contributed by atoms with Crippen LogP contribution in [0.3, 0.4) is 0 Å². The minimum absolute atomic E-state index is 0.0369. The Balaban J connectivity index is 1.46. The number of aliphatic imine (C=N–C) groups is 1. The van der Waals surface area contributed by atoms with Crippen molar-refractivity contribution in [3.8, 4) is 5.69 Å². The largest absolute Gasteiger partial charge is 0.349 e. The van der Waals surface area contributed by atoms with Crippen molar-refractivity contribution in [3.05, 3.63) is 68.1 Å². The van der Waals surface area contributed by atoms with E-state index >= 15 is 0 Å². The quantitative estimate of drug-likeness (QED) is 0.351. The van der Waals surface area contributed by atoms with Gasteiger partial charge in [-0.1, -0.05) is 30.9 Å². The molecule has 1 N–H and O–H groups in total. The number of amides is 1. The van der Waals surface area contributed by atoms with Gasteiger partial charge >= 0.3 is 0 Å². The maximum Gasteiger partial charge on any atom is 0.254 e. The Morgan fingerprint density at radius 2 is 1.91 bits per heavy atom. The van der Waals surface area contributed by atoms with E-state index in [1.807, 2.05) is 24.6 Å². The van der Waals surface area contributed by atoms with E-state index in [-0.39, 0.29) is 17.0 Å². The van der Waals surface area contributed by atoms with Gasteiger partial charge in [-0.25, -0.2) is 9.38 Å². The van der Waals surface area contributed by atoms with E-state index in [4.69, 9.17) is 16.6 Å². The molecule has 2 aromatic heterocycles. The van der Waals surface area contributed by atoms with Gasteiger partial charge in [0.05, 0.1) is 10.6 Å². The molecular formula is C28H31ClFN3OS. The molecule has 0 spiro atoms. The number of fused-ring (bicyclic) bond motifs is 1. The lowest BCUT2D eigenvalue weighted by molar-refractivity contribution is 0.0927. The van der Waals surface area contributed by atoms with Crippen LogP contribution in [0.15, 0.2) is 29.3 Å². The van der Waals surface area contributed by atoms with Crippen molar-refractivity contribution < 1.29 is 9.18 Å². The lowest BCUT2D eigenvalue weighted by Crippen LogP contribution is -2.36. The van der Waals surface area contributed by atoms with Crippen LogP contribution < -0.4 is 5.32 Å². The average Bonchev–Trinajstić information content (AvgIpc) is 3.36. The highest BCUT2D eigenvalue weighted by atomic mass is 35.5. The van der Waals surface area contributed by atoms with Gasteiger partial charge in [0.25, 0.3) is 5.91 Å². The summed E-state index contributed by atoms with van der Waals surface area (Å²) in [6, 6.07) is 7.08. The van der Waals surface area contributed by atoms with Crippen molar-refractivity contribution in [3.63, 3.8) is 0 Å². The number of carbonyl (C=O) groups is 1. The first-order chi connectivity index (χ1) is 16.9. The van der Waals surface area contributed by atoms with E-state index in [0.29, 0.717) is 0 Å². The topological polar surface area (TPSA) is 46.4 Å². The molecule has 0 atom stereocenters. The van der Waals surface area contributed by atoms with Crippen LogP contribution in [0.4, 0.5) is 9.39 Å². The van der Waals surface area contributed by atoms with Gasteiger partial charge in [0, 0.05) is 39.8 Å². The minimum Gasteiger partial charge on any atom is -0.349 e. The Bertz CT molecular complexity index is 1290. The van der Waals surface area contributed by atoms with Gasteiger partial charge < -0.3 is 9.88 Å². The number of rotatable bonds is 5. The fraction of sp³-hybridized carbons (Fsp3) is 0.429. The van der Waals surface area contributed by atoms with Crippen molar-refractivity contribution in [2.45, 2.75) is 77.7 Å². The van der Waals surface area contributed by atoms with Crippen LogP contribution in [0.2, 0.25) is 5.02 Å². The van der Waals surface area contributed by atoms with Crippen molar-refractivity contribution in [2.24, 2.45) is 4.99 Å². The zero-order valence-corrected chi connectivity index (χ0v) is 21.9. The molecular weight excluding hydrogens is 481 g/mol. The molecule has 0 bridgehead atoms. The number of carbonyl (C=O) groups excluding carboxylic acids is 1. The molecule has 0 radical (unpaired) electrons. The van der Waals surface area contributed by atoms with E-state index in [1.165, 1.54) is 42.2 Å². The molecule has 0 aliphatic heterocycles. The molecule has 1 amide bonds. The molecule has 0 unspecified atom stereocenters. The SMILES string of the molecule is Cc1cc(/C=N\c2sc3c(c2C(=O)NC2CCCCC2)CCCC3)c(C)n1-c1ccc(F)c(Cl)c1. The fourth-order valence-electron chi connectivity index (χ4n) is 5.45. The third-order valence-electron chi connectivity index (χ3n) is 7.27. The molecule has 5 rings (SSSR count). The molecule has 2 aliphatic carbocycles. The van der Waals surface area contributed by atoms with E-state index in [9.17, 15) is 9.18 Å². The molecule has 1 saturated carbocycles. The molecule has 35 heavy (non-hydrogen) atoms. The first-order valence-corrected chi connectivity index (χ1v) is 13.8. The number of aromatic nitrogens is 1. The van der Waals surface area contributed by atoms with Crippen LogP contribution in [0.25, 0.3) is 5.69 Å².